The number of rotatable bonds is 2. The third kappa shape index (κ3) is 2.59. The molecular weight excluding hydrogens is 226 g/mol. The van der Waals surface area contributed by atoms with Gasteiger partial charge in [0.25, 0.3) is 5.91 Å². The molecule has 0 radical (unpaired) electrons. The fourth-order valence-corrected chi connectivity index (χ4v) is 2.21. The Labute approximate surface area is 107 Å². The summed E-state index contributed by atoms with van der Waals surface area (Å²) in [6, 6.07) is 8.17. The van der Waals surface area contributed by atoms with Gasteiger partial charge in [-0.05, 0) is 36.0 Å². The zero-order chi connectivity index (χ0) is 13.0. The Morgan fingerprint density at radius 3 is 3.06 bits per heavy atom. The van der Waals surface area contributed by atoms with Crippen LogP contribution in [-0.4, -0.2) is 12.2 Å². The van der Waals surface area contributed by atoms with Crippen LogP contribution in [-0.2, 0) is 11.2 Å². The molecule has 0 bridgehead atoms. The van der Waals surface area contributed by atoms with Crippen molar-refractivity contribution in [3.8, 4) is 0 Å². The summed E-state index contributed by atoms with van der Waals surface area (Å²) in [6.07, 6.45) is 5.14. The van der Waals surface area contributed by atoms with E-state index >= 15 is 0 Å². The molecule has 1 aromatic rings. The number of carbonyl (C=O) groups excluding carboxylic acids is 1. The molecule has 94 valence electrons. The maximum atomic E-state index is 12.0. The van der Waals surface area contributed by atoms with E-state index in [0.29, 0.717) is 0 Å². The molecule has 0 aromatic heterocycles. The first-order valence-corrected chi connectivity index (χ1v) is 6.04. The summed E-state index contributed by atoms with van der Waals surface area (Å²) in [4.78, 5) is 12.0. The van der Waals surface area contributed by atoms with Crippen molar-refractivity contribution < 1.29 is 4.79 Å². The molecule has 4 nitrogen and oxygen atoms in total. The molecular formula is C14H17N3O. The largest absolute Gasteiger partial charge is 0.322 e. The Morgan fingerprint density at radius 2 is 2.28 bits per heavy atom. The number of carbonyl (C=O) groups is 1. The van der Waals surface area contributed by atoms with Gasteiger partial charge in [0.1, 0.15) is 6.34 Å². The van der Waals surface area contributed by atoms with Crippen molar-refractivity contribution in [1.82, 2.24) is 5.32 Å². The van der Waals surface area contributed by atoms with Crippen molar-refractivity contribution in [2.45, 2.75) is 19.8 Å². The van der Waals surface area contributed by atoms with Gasteiger partial charge >= 0.3 is 0 Å². The first kappa shape index (κ1) is 12.4. The van der Waals surface area contributed by atoms with Gasteiger partial charge in [-0.15, -0.1) is 0 Å². The van der Waals surface area contributed by atoms with E-state index in [9.17, 15) is 4.79 Å². The number of nitrogens with one attached hydrogen (secondary N) is 1. The van der Waals surface area contributed by atoms with E-state index in [0.717, 1.165) is 24.0 Å². The van der Waals surface area contributed by atoms with Crippen LogP contribution < -0.4 is 11.2 Å². The van der Waals surface area contributed by atoms with E-state index in [1.165, 1.54) is 11.9 Å². The van der Waals surface area contributed by atoms with Crippen molar-refractivity contribution in [1.29, 1.82) is 0 Å². The zero-order valence-corrected chi connectivity index (χ0v) is 10.4. The van der Waals surface area contributed by atoms with Crippen LogP contribution in [0.1, 0.15) is 24.5 Å². The van der Waals surface area contributed by atoms with Crippen LogP contribution in [0.2, 0.25) is 0 Å². The summed E-state index contributed by atoms with van der Waals surface area (Å²) in [5.74, 6) is 5.08. The Kier molecular flexibility index (Phi) is 3.77. The Bertz CT molecular complexity index is 506. The number of aryl methyl sites for hydroxylation is 1. The smallest absolute Gasteiger partial charge is 0.252 e. The maximum Gasteiger partial charge on any atom is 0.252 e. The predicted molar refractivity (Wildman–Crippen MR) is 72.7 cm³/mol. The number of nitrogens with zero attached hydrogens (tertiary/aromatic N) is 1. The van der Waals surface area contributed by atoms with Gasteiger partial charge in [0.2, 0.25) is 0 Å². The highest BCUT2D eigenvalue weighted by atomic mass is 16.1. The molecule has 1 aliphatic rings. The number of amides is 1. The lowest BCUT2D eigenvalue weighted by Gasteiger charge is -2.11. The summed E-state index contributed by atoms with van der Waals surface area (Å²) in [5, 5.41) is 5.85. The van der Waals surface area contributed by atoms with E-state index < -0.39 is 0 Å². The molecule has 0 saturated heterocycles. The number of hydrazone groups is 1. The molecule has 4 heteroatoms. The van der Waals surface area contributed by atoms with Gasteiger partial charge in [-0.3, -0.25) is 4.79 Å². The molecule has 18 heavy (non-hydrogen) atoms. The van der Waals surface area contributed by atoms with E-state index in [4.69, 9.17) is 5.84 Å². The minimum Gasteiger partial charge on any atom is -0.322 e. The molecule has 0 aliphatic heterocycles. The number of benzene rings is 1. The highest BCUT2D eigenvalue weighted by Gasteiger charge is 2.20. The second kappa shape index (κ2) is 5.49. The average Bonchev–Trinajstić information content (AvgIpc) is 2.56. The van der Waals surface area contributed by atoms with Crippen LogP contribution in [0.5, 0.6) is 0 Å². The van der Waals surface area contributed by atoms with Gasteiger partial charge in [0.15, 0.2) is 0 Å². The summed E-state index contributed by atoms with van der Waals surface area (Å²) in [7, 11) is 0. The van der Waals surface area contributed by atoms with Crippen LogP contribution in [0, 0.1) is 5.92 Å². The fraction of sp³-hybridized carbons (Fsp3) is 0.286. The molecule has 0 spiro atoms. The topological polar surface area (TPSA) is 67.5 Å². The maximum absolute atomic E-state index is 12.0. The second-order valence-electron chi connectivity index (χ2n) is 4.49. The molecule has 2 rings (SSSR count). The van der Waals surface area contributed by atoms with Crippen LogP contribution in [0.25, 0.3) is 6.08 Å². The summed E-state index contributed by atoms with van der Waals surface area (Å²) < 4.78 is 0. The third-order valence-corrected chi connectivity index (χ3v) is 3.28. The van der Waals surface area contributed by atoms with Crippen molar-refractivity contribution in [3.05, 3.63) is 41.0 Å². The Morgan fingerprint density at radius 1 is 1.50 bits per heavy atom. The van der Waals surface area contributed by atoms with Crippen LogP contribution in [0.15, 0.2) is 34.9 Å². The quantitative estimate of drug-likeness (QED) is 0.359. The van der Waals surface area contributed by atoms with Gasteiger partial charge in [0.05, 0.1) is 0 Å². The molecule has 0 fully saturated rings. The minimum absolute atomic E-state index is 0.131. The summed E-state index contributed by atoms with van der Waals surface area (Å²) in [5.41, 5.74) is 3.19. The number of hydrogen-bond acceptors (Lipinski definition) is 3. The zero-order valence-electron chi connectivity index (χ0n) is 10.4. The van der Waals surface area contributed by atoms with Gasteiger partial charge in [-0.2, -0.15) is 5.10 Å². The van der Waals surface area contributed by atoms with Gasteiger partial charge in [0, 0.05) is 5.57 Å². The lowest BCUT2D eigenvalue weighted by Crippen LogP contribution is -2.26. The van der Waals surface area contributed by atoms with Crippen molar-refractivity contribution >= 4 is 18.3 Å². The molecule has 1 amide bonds. The van der Waals surface area contributed by atoms with E-state index in [2.05, 4.69) is 23.4 Å². The SMILES string of the molecule is CC1CCc2ccccc2C=C1C(=O)NC=NN. The molecule has 1 unspecified atom stereocenters. The van der Waals surface area contributed by atoms with Crippen molar-refractivity contribution in [2.75, 3.05) is 0 Å². The van der Waals surface area contributed by atoms with E-state index in [-0.39, 0.29) is 11.8 Å². The molecule has 0 heterocycles. The van der Waals surface area contributed by atoms with E-state index in [1.54, 1.807) is 0 Å². The first-order chi connectivity index (χ1) is 8.72. The molecule has 1 atom stereocenters. The third-order valence-electron chi connectivity index (χ3n) is 3.28. The molecule has 1 aromatic carbocycles. The van der Waals surface area contributed by atoms with Gasteiger partial charge in [-0.25, -0.2) is 0 Å². The van der Waals surface area contributed by atoms with Gasteiger partial charge in [-0.1, -0.05) is 31.2 Å². The monoisotopic (exact) mass is 243 g/mol. The second-order valence-corrected chi connectivity index (χ2v) is 4.49. The van der Waals surface area contributed by atoms with Gasteiger partial charge < -0.3 is 11.2 Å². The van der Waals surface area contributed by atoms with Crippen molar-refractivity contribution in [2.24, 2.45) is 16.9 Å². The summed E-state index contributed by atoms with van der Waals surface area (Å²) >= 11 is 0. The normalized spacial score (nSPS) is 18.9. The number of hydrogen-bond donors (Lipinski definition) is 2. The van der Waals surface area contributed by atoms with Crippen LogP contribution in [0.4, 0.5) is 0 Å². The van der Waals surface area contributed by atoms with Crippen LogP contribution >= 0.6 is 0 Å². The highest BCUT2D eigenvalue weighted by molar-refractivity contribution is 6.03. The number of fused-ring (bicyclic) bond motifs is 1. The summed E-state index contributed by atoms with van der Waals surface area (Å²) in [6.45, 7) is 2.07. The minimum atomic E-state index is -0.131. The van der Waals surface area contributed by atoms with Crippen LogP contribution in [0.3, 0.4) is 0 Å². The lowest BCUT2D eigenvalue weighted by molar-refractivity contribution is -0.116. The Balaban J connectivity index is 2.33. The lowest BCUT2D eigenvalue weighted by atomic mass is 9.96. The van der Waals surface area contributed by atoms with Crippen molar-refractivity contribution in [3.63, 3.8) is 0 Å². The number of nitrogens with two attached hydrogens (primary N) is 1. The Hall–Kier alpha value is -2.10. The first-order valence-electron chi connectivity index (χ1n) is 6.04. The van der Waals surface area contributed by atoms with E-state index in [1.807, 2.05) is 24.3 Å². The molecule has 1 aliphatic carbocycles. The fourth-order valence-electron chi connectivity index (χ4n) is 2.21. The molecule has 3 N–H and O–H groups in total. The highest BCUT2D eigenvalue weighted by Crippen LogP contribution is 2.27. The average molecular weight is 243 g/mol. The molecule has 0 saturated carbocycles. The predicted octanol–water partition coefficient (Wildman–Crippen LogP) is 1.67. The standard InChI is InChI=1S/C14H17N3O/c1-10-6-7-11-4-2-3-5-12(11)8-13(10)14(18)16-9-17-15/h2-5,8-10H,6-7,15H2,1H3,(H,16,17,18).